The minimum atomic E-state index is -0.146. The van der Waals surface area contributed by atoms with Gasteiger partial charge in [-0.25, -0.2) is 0 Å². The minimum Gasteiger partial charge on any atom is -0.375 e. The van der Waals surface area contributed by atoms with Gasteiger partial charge in [0.15, 0.2) is 0 Å². The lowest BCUT2D eigenvalue weighted by atomic mass is 9.88. The van der Waals surface area contributed by atoms with Crippen LogP contribution in [-0.4, -0.2) is 3.96 Å². The third kappa shape index (κ3) is 2.55. The van der Waals surface area contributed by atoms with Crippen molar-refractivity contribution in [3.63, 3.8) is 0 Å². The Morgan fingerprint density at radius 3 is 2.27 bits per heavy atom. The first-order valence-corrected chi connectivity index (χ1v) is 10.1. The monoisotopic (exact) mass is 380 g/mol. The molecule has 1 N–H and O–H groups in total. The largest absolute Gasteiger partial charge is 0.375 e. The average molecular weight is 381 g/mol. The van der Waals surface area contributed by atoms with Crippen LogP contribution in [0, 0.1) is 32.3 Å². The molecule has 0 radical (unpaired) electrons. The fourth-order valence-corrected chi connectivity index (χ4v) is 5.23. The van der Waals surface area contributed by atoms with Crippen molar-refractivity contribution in [2.75, 3.05) is 5.32 Å². The number of rotatable bonds is 1. The Hall–Kier alpha value is -1.91. The summed E-state index contributed by atoms with van der Waals surface area (Å²) in [6, 6.07) is 11.1. The molecular weight excluding hydrogens is 356 g/mol. The van der Waals surface area contributed by atoms with E-state index in [4.69, 9.17) is 12.2 Å². The van der Waals surface area contributed by atoms with Crippen LogP contribution in [0.25, 0.3) is 16.8 Å². The number of anilines is 1. The molecule has 2 heterocycles. The highest BCUT2D eigenvalue weighted by Crippen LogP contribution is 2.48. The van der Waals surface area contributed by atoms with Gasteiger partial charge >= 0.3 is 0 Å². The molecule has 0 saturated heterocycles. The number of nitrogens with one attached hydrogen (secondary N) is 1. The predicted octanol–water partition coefficient (Wildman–Crippen LogP) is 6.83. The molecule has 0 spiro atoms. The van der Waals surface area contributed by atoms with Crippen LogP contribution < -0.4 is 5.32 Å². The van der Waals surface area contributed by atoms with Gasteiger partial charge in [-0.15, -0.1) is 0 Å². The summed E-state index contributed by atoms with van der Waals surface area (Å²) in [7, 11) is 0. The molecule has 4 rings (SSSR count). The second kappa shape index (κ2) is 5.80. The van der Waals surface area contributed by atoms with Gasteiger partial charge in [0, 0.05) is 16.8 Å². The zero-order valence-electron chi connectivity index (χ0n) is 16.2. The number of aryl methyl sites for hydroxylation is 4. The summed E-state index contributed by atoms with van der Waals surface area (Å²) in [6.07, 6.45) is 0. The molecule has 0 bridgehead atoms. The highest BCUT2D eigenvalue weighted by Gasteiger charge is 2.34. The van der Waals surface area contributed by atoms with E-state index >= 15 is 0 Å². The lowest BCUT2D eigenvalue weighted by Gasteiger charge is -2.33. The number of hydrogen-bond donors (Lipinski definition) is 1. The molecule has 1 aliphatic heterocycles. The summed E-state index contributed by atoms with van der Waals surface area (Å²) >= 11 is 7.73. The zero-order valence-corrected chi connectivity index (χ0v) is 17.8. The molecule has 2 aromatic carbocycles. The second-order valence-electron chi connectivity index (χ2n) is 7.90. The Morgan fingerprint density at radius 1 is 0.923 bits per heavy atom. The zero-order chi connectivity index (χ0) is 18.8. The maximum Gasteiger partial charge on any atom is 0.129 e. The first kappa shape index (κ1) is 17.5. The summed E-state index contributed by atoms with van der Waals surface area (Å²) in [4.78, 5) is 1.30. The highest BCUT2D eigenvalue weighted by molar-refractivity contribution is 7.71. The van der Waals surface area contributed by atoms with Gasteiger partial charge in [0.1, 0.15) is 4.64 Å². The van der Waals surface area contributed by atoms with Crippen LogP contribution in [-0.2, 0) is 5.54 Å². The smallest absolute Gasteiger partial charge is 0.129 e. The molecular formula is C22H24N2S2. The molecule has 0 amide bonds. The molecule has 0 saturated carbocycles. The van der Waals surface area contributed by atoms with E-state index in [1.54, 1.807) is 11.5 Å². The van der Waals surface area contributed by atoms with E-state index in [0.717, 1.165) is 10.3 Å². The molecule has 134 valence electrons. The van der Waals surface area contributed by atoms with Gasteiger partial charge in [0.05, 0.1) is 16.1 Å². The summed E-state index contributed by atoms with van der Waals surface area (Å²) in [5, 5.41) is 3.72. The molecule has 2 nitrogen and oxygen atoms in total. The fourth-order valence-electron chi connectivity index (χ4n) is 3.58. The summed E-state index contributed by atoms with van der Waals surface area (Å²) in [6.45, 7) is 13.1. The number of hydrogen-bond acceptors (Lipinski definition) is 3. The first-order chi connectivity index (χ1) is 12.2. The predicted molar refractivity (Wildman–Crippen MR) is 116 cm³/mol. The number of aromatic nitrogens is 1. The van der Waals surface area contributed by atoms with Gasteiger partial charge in [-0.05, 0) is 88.1 Å². The Bertz CT molecular complexity index is 1100. The van der Waals surface area contributed by atoms with Gasteiger partial charge in [0.2, 0.25) is 0 Å². The van der Waals surface area contributed by atoms with Crippen LogP contribution in [0.5, 0.6) is 0 Å². The van der Waals surface area contributed by atoms with Crippen LogP contribution in [0.3, 0.4) is 0 Å². The van der Waals surface area contributed by atoms with E-state index in [0.29, 0.717) is 0 Å². The molecule has 0 unspecified atom stereocenters. The first-order valence-electron chi connectivity index (χ1n) is 8.93. The van der Waals surface area contributed by atoms with E-state index in [9.17, 15) is 0 Å². The van der Waals surface area contributed by atoms with Crippen molar-refractivity contribution in [2.24, 2.45) is 0 Å². The van der Waals surface area contributed by atoms with E-state index in [-0.39, 0.29) is 5.54 Å². The topological polar surface area (TPSA) is 17.0 Å². The van der Waals surface area contributed by atoms with Gasteiger partial charge in [-0.3, -0.25) is 3.96 Å². The summed E-state index contributed by atoms with van der Waals surface area (Å²) < 4.78 is 3.12. The van der Waals surface area contributed by atoms with Crippen molar-refractivity contribution >= 4 is 29.4 Å². The summed E-state index contributed by atoms with van der Waals surface area (Å²) in [5.41, 5.74) is 9.83. The quantitative estimate of drug-likeness (QED) is 0.466. The normalized spacial score (nSPS) is 14.5. The van der Waals surface area contributed by atoms with Crippen molar-refractivity contribution < 1.29 is 0 Å². The van der Waals surface area contributed by atoms with E-state index in [1.807, 2.05) is 0 Å². The van der Waals surface area contributed by atoms with Gasteiger partial charge < -0.3 is 5.32 Å². The van der Waals surface area contributed by atoms with Crippen LogP contribution in [0.4, 0.5) is 5.69 Å². The van der Waals surface area contributed by atoms with Crippen molar-refractivity contribution in [1.82, 2.24) is 3.96 Å². The lowest BCUT2D eigenvalue weighted by molar-refractivity contribution is 0.619. The standard InChI is InChI=1S/C22H24N2S2/c1-12-7-8-16(9-13(12)2)24-21(25)19-17-10-14(3)15(4)11-18(17)23-22(5,6)20(19)26-24/h7-11,23H,1-6H3. The van der Waals surface area contributed by atoms with Gasteiger partial charge in [-0.2, -0.15) is 0 Å². The van der Waals surface area contributed by atoms with Gasteiger partial charge in [0.25, 0.3) is 0 Å². The van der Waals surface area contributed by atoms with Crippen molar-refractivity contribution in [2.45, 2.75) is 47.1 Å². The maximum absolute atomic E-state index is 5.97. The third-order valence-corrected chi connectivity index (χ3v) is 7.43. The maximum atomic E-state index is 5.97. The Balaban J connectivity index is 2.02. The molecule has 1 aromatic heterocycles. The van der Waals surface area contributed by atoms with E-state index in [2.05, 4.69) is 81.1 Å². The minimum absolute atomic E-state index is 0.146. The van der Waals surface area contributed by atoms with Crippen molar-refractivity contribution in [1.29, 1.82) is 0 Å². The molecule has 3 aromatic rings. The number of nitrogens with zero attached hydrogens (tertiary/aromatic N) is 1. The van der Waals surface area contributed by atoms with Crippen molar-refractivity contribution in [3.05, 3.63) is 62.1 Å². The number of fused-ring (bicyclic) bond motifs is 3. The Labute approximate surface area is 164 Å². The fraction of sp³-hybridized carbons (Fsp3) is 0.318. The summed E-state index contributed by atoms with van der Waals surface area (Å²) in [5.74, 6) is 0. The van der Waals surface area contributed by atoms with E-state index < -0.39 is 0 Å². The Kier molecular flexibility index (Phi) is 3.90. The Morgan fingerprint density at radius 2 is 1.58 bits per heavy atom. The van der Waals surface area contributed by atoms with Crippen LogP contribution >= 0.6 is 23.8 Å². The molecule has 1 aliphatic rings. The second-order valence-corrected chi connectivity index (χ2v) is 9.24. The SMILES string of the molecule is Cc1ccc(-n2sc3c(c2=S)-c2cc(C)c(C)cc2NC3(C)C)cc1C. The molecule has 0 aliphatic carbocycles. The number of benzene rings is 2. The van der Waals surface area contributed by atoms with Crippen LogP contribution in [0.15, 0.2) is 30.3 Å². The molecule has 26 heavy (non-hydrogen) atoms. The van der Waals surface area contributed by atoms with Crippen molar-refractivity contribution in [3.8, 4) is 16.8 Å². The molecule has 0 fully saturated rings. The average Bonchev–Trinajstić information content (AvgIpc) is 2.91. The molecule has 0 atom stereocenters. The van der Waals surface area contributed by atoms with Crippen LogP contribution in [0.1, 0.15) is 41.0 Å². The van der Waals surface area contributed by atoms with E-state index in [1.165, 1.54) is 43.9 Å². The lowest BCUT2D eigenvalue weighted by Crippen LogP contribution is -2.30. The van der Waals surface area contributed by atoms with Crippen LogP contribution in [0.2, 0.25) is 0 Å². The van der Waals surface area contributed by atoms with Gasteiger partial charge in [-0.1, -0.05) is 29.8 Å². The highest BCUT2D eigenvalue weighted by atomic mass is 32.1. The molecule has 4 heteroatoms. The third-order valence-electron chi connectivity index (χ3n) is 5.45.